The summed E-state index contributed by atoms with van der Waals surface area (Å²) >= 11 is 0. The Kier molecular flexibility index (Phi) is 9.97. The van der Waals surface area contributed by atoms with Crippen molar-refractivity contribution in [2.75, 3.05) is 24.2 Å². The van der Waals surface area contributed by atoms with Crippen LogP contribution in [0.5, 0.6) is 5.75 Å². The van der Waals surface area contributed by atoms with Crippen molar-refractivity contribution in [1.82, 2.24) is 10.2 Å². The molecule has 1 aliphatic carbocycles. The standard InChI is InChI=1S/C28H39N3O5S/c1-21-14-16-23(17-15-21)20-30(22(2)28(33)29-24-9-5-6-10-24)27(32)13-8-18-31(37(4,34)35)25-11-7-12-26(19-25)36-3/h7,11-12,14-17,19,22,24H,5-6,8-10,13,18,20H2,1-4H3,(H,29,33). The molecule has 9 heteroatoms. The van der Waals surface area contributed by atoms with E-state index in [9.17, 15) is 18.0 Å². The summed E-state index contributed by atoms with van der Waals surface area (Å²) in [6.45, 7) is 4.21. The average molecular weight is 530 g/mol. The molecule has 0 heterocycles. The summed E-state index contributed by atoms with van der Waals surface area (Å²) in [4.78, 5) is 28.1. The first-order valence-corrected chi connectivity index (χ1v) is 14.7. The number of sulfonamides is 1. The molecule has 1 unspecified atom stereocenters. The lowest BCUT2D eigenvalue weighted by molar-refractivity contribution is -0.141. The first kappa shape index (κ1) is 28.5. The number of hydrogen-bond acceptors (Lipinski definition) is 5. The molecule has 0 bridgehead atoms. The lowest BCUT2D eigenvalue weighted by atomic mass is 10.1. The summed E-state index contributed by atoms with van der Waals surface area (Å²) in [5.74, 6) is 0.212. The maximum atomic E-state index is 13.4. The van der Waals surface area contributed by atoms with Crippen LogP contribution in [0.4, 0.5) is 5.69 Å². The third-order valence-electron chi connectivity index (χ3n) is 6.84. The zero-order chi connectivity index (χ0) is 27.0. The zero-order valence-electron chi connectivity index (χ0n) is 22.3. The molecular weight excluding hydrogens is 490 g/mol. The molecule has 1 saturated carbocycles. The largest absolute Gasteiger partial charge is 0.497 e. The van der Waals surface area contributed by atoms with E-state index in [2.05, 4.69) is 5.32 Å². The highest BCUT2D eigenvalue weighted by molar-refractivity contribution is 7.92. The van der Waals surface area contributed by atoms with Gasteiger partial charge in [0.05, 0.1) is 19.1 Å². The van der Waals surface area contributed by atoms with Gasteiger partial charge in [0, 0.05) is 31.6 Å². The molecular formula is C28H39N3O5S. The zero-order valence-corrected chi connectivity index (χ0v) is 23.1. The van der Waals surface area contributed by atoms with Crippen molar-refractivity contribution in [2.45, 2.75) is 71.0 Å². The van der Waals surface area contributed by atoms with Crippen LogP contribution in [0.3, 0.4) is 0 Å². The fourth-order valence-electron chi connectivity index (χ4n) is 4.63. The lowest BCUT2D eigenvalue weighted by Gasteiger charge is -2.30. The maximum absolute atomic E-state index is 13.4. The van der Waals surface area contributed by atoms with Gasteiger partial charge in [0.1, 0.15) is 11.8 Å². The minimum atomic E-state index is -3.57. The Bertz CT molecular complexity index is 1160. The summed E-state index contributed by atoms with van der Waals surface area (Å²) in [7, 11) is -2.05. The monoisotopic (exact) mass is 529 g/mol. The molecule has 0 spiro atoms. The van der Waals surface area contributed by atoms with Crippen LogP contribution in [0.15, 0.2) is 48.5 Å². The number of nitrogens with one attached hydrogen (secondary N) is 1. The highest BCUT2D eigenvalue weighted by Gasteiger charge is 2.28. The van der Waals surface area contributed by atoms with E-state index < -0.39 is 16.1 Å². The van der Waals surface area contributed by atoms with E-state index in [-0.39, 0.29) is 30.8 Å². The number of amides is 2. The van der Waals surface area contributed by atoms with Crippen LogP contribution in [0.2, 0.25) is 0 Å². The third-order valence-corrected chi connectivity index (χ3v) is 8.03. The van der Waals surface area contributed by atoms with Gasteiger partial charge in [0.25, 0.3) is 0 Å². The van der Waals surface area contributed by atoms with Crippen molar-refractivity contribution in [3.05, 3.63) is 59.7 Å². The minimum Gasteiger partial charge on any atom is -0.497 e. The summed E-state index contributed by atoms with van der Waals surface area (Å²) in [6, 6.07) is 14.2. The molecule has 37 heavy (non-hydrogen) atoms. The van der Waals surface area contributed by atoms with Gasteiger partial charge < -0.3 is 15.0 Å². The number of anilines is 1. The van der Waals surface area contributed by atoms with Crippen LogP contribution in [0.25, 0.3) is 0 Å². The Hall–Kier alpha value is -3.07. The van der Waals surface area contributed by atoms with Gasteiger partial charge in [-0.05, 0) is 50.8 Å². The number of aryl methyl sites for hydroxylation is 1. The van der Waals surface area contributed by atoms with Gasteiger partial charge in [-0.15, -0.1) is 0 Å². The molecule has 2 amide bonds. The van der Waals surface area contributed by atoms with E-state index in [0.717, 1.165) is 43.1 Å². The van der Waals surface area contributed by atoms with Crippen LogP contribution < -0.4 is 14.4 Å². The molecule has 1 atom stereocenters. The molecule has 0 saturated heterocycles. The molecule has 0 aromatic heterocycles. The van der Waals surface area contributed by atoms with Gasteiger partial charge in [-0.2, -0.15) is 0 Å². The second kappa shape index (κ2) is 12.9. The Labute approximate surface area is 221 Å². The van der Waals surface area contributed by atoms with Gasteiger partial charge in [0.2, 0.25) is 21.8 Å². The highest BCUT2D eigenvalue weighted by Crippen LogP contribution is 2.24. The molecule has 1 fully saturated rings. The van der Waals surface area contributed by atoms with Gasteiger partial charge in [0.15, 0.2) is 0 Å². The third kappa shape index (κ3) is 8.21. The molecule has 2 aromatic rings. The Morgan fingerprint density at radius 1 is 1.11 bits per heavy atom. The van der Waals surface area contributed by atoms with E-state index in [0.29, 0.717) is 24.4 Å². The van der Waals surface area contributed by atoms with Crippen LogP contribution in [-0.4, -0.2) is 57.1 Å². The Morgan fingerprint density at radius 2 is 1.78 bits per heavy atom. The van der Waals surface area contributed by atoms with E-state index in [1.807, 2.05) is 31.2 Å². The van der Waals surface area contributed by atoms with Crippen LogP contribution in [-0.2, 0) is 26.2 Å². The number of ether oxygens (including phenoxy) is 1. The molecule has 2 aromatic carbocycles. The second-order valence-corrected chi connectivity index (χ2v) is 11.7. The van der Waals surface area contributed by atoms with Crippen LogP contribution in [0.1, 0.15) is 56.6 Å². The molecule has 202 valence electrons. The minimum absolute atomic E-state index is 0.114. The Balaban J connectivity index is 1.71. The van der Waals surface area contributed by atoms with Crippen molar-refractivity contribution in [2.24, 2.45) is 0 Å². The van der Waals surface area contributed by atoms with Crippen molar-refractivity contribution in [3.8, 4) is 5.75 Å². The normalized spacial score (nSPS) is 14.7. The number of carbonyl (C=O) groups is 2. The van der Waals surface area contributed by atoms with Crippen molar-refractivity contribution in [1.29, 1.82) is 0 Å². The second-order valence-electron chi connectivity index (χ2n) is 9.81. The predicted molar refractivity (Wildman–Crippen MR) is 146 cm³/mol. The van der Waals surface area contributed by atoms with E-state index in [1.165, 1.54) is 11.4 Å². The molecule has 8 nitrogen and oxygen atoms in total. The van der Waals surface area contributed by atoms with Gasteiger partial charge >= 0.3 is 0 Å². The molecule has 1 N–H and O–H groups in total. The average Bonchev–Trinajstić information content (AvgIpc) is 3.38. The highest BCUT2D eigenvalue weighted by atomic mass is 32.2. The lowest BCUT2D eigenvalue weighted by Crippen LogP contribution is -2.49. The van der Waals surface area contributed by atoms with Crippen LogP contribution >= 0.6 is 0 Å². The Morgan fingerprint density at radius 3 is 2.41 bits per heavy atom. The number of methoxy groups -OCH3 is 1. The predicted octanol–water partition coefficient (Wildman–Crippen LogP) is 4.03. The summed E-state index contributed by atoms with van der Waals surface area (Å²) in [5.41, 5.74) is 2.54. The first-order valence-electron chi connectivity index (χ1n) is 12.9. The summed E-state index contributed by atoms with van der Waals surface area (Å²) < 4.78 is 31.5. The van der Waals surface area contributed by atoms with Crippen molar-refractivity contribution < 1.29 is 22.7 Å². The van der Waals surface area contributed by atoms with Crippen molar-refractivity contribution in [3.63, 3.8) is 0 Å². The van der Waals surface area contributed by atoms with E-state index >= 15 is 0 Å². The van der Waals surface area contributed by atoms with E-state index in [1.54, 1.807) is 36.1 Å². The van der Waals surface area contributed by atoms with Gasteiger partial charge in [-0.3, -0.25) is 13.9 Å². The summed E-state index contributed by atoms with van der Waals surface area (Å²) in [5, 5.41) is 3.10. The summed E-state index contributed by atoms with van der Waals surface area (Å²) in [6.07, 6.45) is 5.72. The smallest absolute Gasteiger partial charge is 0.242 e. The van der Waals surface area contributed by atoms with Crippen LogP contribution in [0, 0.1) is 6.92 Å². The maximum Gasteiger partial charge on any atom is 0.242 e. The number of benzene rings is 2. The van der Waals surface area contributed by atoms with Gasteiger partial charge in [-0.25, -0.2) is 8.42 Å². The topological polar surface area (TPSA) is 96.0 Å². The molecule has 0 radical (unpaired) electrons. The molecule has 3 rings (SSSR count). The fraction of sp³-hybridized carbons (Fsp3) is 0.500. The fourth-order valence-corrected chi connectivity index (χ4v) is 5.59. The number of carbonyl (C=O) groups excluding carboxylic acids is 2. The van der Waals surface area contributed by atoms with Crippen molar-refractivity contribution >= 4 is 27.5 Å². The first-order chi connectivity index (χ1) is 17.6. The number of rotatable bonds is 12. The molecule has 0 aliphatic heterocycles. The number of hydrogen-bond donors (Lipinski definition) is 1. The molecule has 1 aliphatic rings. The van der Waals surface area contributed by atoms with E-state index in [4.69, 9.17) is 4.74 Å². The SMILES string of the molecule is COc1cccc(N(CCCC(=O)N(Cc2ccc(C)cc2)C(C)C(=O)NC2CCCC2)S(C)(=O)=O)c1. The quantitative estimate of drug-likeness (QED) is 0.448. The van der Waals surface area contributed by atoms with Gasteiger partial charge in [-0.1, -0.05) is 48.7 Å². The number of nitrogens with zero attached hydrogens (tertiary/aromatic N) is 2.